The fourth-order valence-corrected chi connectivity index (χ4v) is 1.53. The second-order valence-electron chi connectivity index (χ2n) is 3.72. The molecule has 1 atom stereocenters. The zero-order valence-corrected chi connectivity index (χ0v) is 7.75. The Hall–Kier alpha value is 0.210. The van der Waals surface area contributed by atoms with Crippen molar-refractivity contribution in [2.45, 2.75) is 25.9 Å². The molecule has 1 heterocycles. The van der Waals surface area contributed by atoms with Gasteiger partial charge >= 0.3 is 0 Å². The van der Waals surface area contributed by atoms with Crippen LogP contribution in [0, 0.1) is 5.41 Å². The Balaban J connectivity index is 0.000000605. The molecule has 3 heteroatoms. The molecule has 0 amide bonds. The molecular formula is C8H16ClNO. The number of rotatable bonds is 1. The van der Waals surface area contributed by atoms with Gasteiger partial charge in [0.25, 0.3) is 0 Å². The summed E-state index contributed by atoms with van der Waals surface area (Å²) in [6, 6.07) is 0. The standard InChI is InChI=1S/C8H15NO.ClH/c1-8(2-3-8)7-6-9-4-5-10-7;/h7,9H,2-6H2,1H3;1H. The Morgan fingerprint density at radius 2 is 2.18 bits per heavy atom. The number of nitrogens with one attached hydrogen (secondary N) is 1. The third kappa shape index (κ3) is 1.86. The molecule has 1 N–H and O–H groups in total. The van der Waals surface area contributed by atoms with Crippen LogP contribution in [0.25, 0.3) is 0 Å². The van der Waals surface area contributed by atoms with Crippen LogP contribution in [-0.2, 0) is 4.74 Å². The van der Waals surface area contributed by atoms with Crippen LogP contribution in [0.15, 0.2) is 0 Å². The van der Waals surface area contributed by atoms with Crippen LogP contribution in [0.4, 0.5) is 0 Å². The Labute approximate surface area is 74.1 Å². The number of morpholine rings is 1. The Morgan fingerprint density at radius 3 is 2.64 bits per heavy atom. The van der Waals surface area contributed by atoms with Crippen LogP contribution >= 0.6 is 12.4 Å². The van der Waals surface area contributed by atoms with E-state index in [4.69, 9.17) is 4.74 Å². The molecule has 0 aromatic heterocycles. The van der Waals surface area contributed by atoms with Gasteiger partial charge in [0, 0.05) is 13.1 Å². The number of halogens is 1. The summed E-state index contributed by atoms with van der Waals surface area (Å²) in [6.45, 7) is 5.33. The molecule has 0 bridgehead atoms. The van der Waals surface area contributed by atoms with Gasteiger partial charge in [-0.2, -0.15) is 0 Å². The van der Waals surface area contributed by atoms with E-state index in [0.29, 0.717) is 11.5 Å². The van der Waals surface area contributed by atoms with Crippen LogP contribution in [0.2, 0.25) is 0 Å². The molecule has 0 aromatic carbocycles. The highest BCUT2D eigenvalue weighted by molar-refractivity contribution is 5.85. The van der Waals surface area contributed by atoms with Crippen LogP contribution < -0.4 is 5.32 Å². The predicted octanol–water partition coefficient (Wildman–Crippen LogP) is 1.20. The van der Waals surface area contributed by atoms with E-state index in [-0.39, 0.29) is 12.4 Å². The molecule has 1 saturated heterocycles. The van der Waals surface area contributed by atoms with Crippen molar-refractivity contribution in [2.75, 3.05) is 19.7 Å². The first-order valence-electron chi connectivity index (χ1n) is 4.14. The van der Waals surface area contributed by atoms with Crippen molar-refractivity contribution < 1.29 is 4.74 Å². The minimum Gasteiger partial charge on any atom is -0.375 e. The van der Waals surface area contributed by atoms with Crippen molar-refractivity contribution in [3.8, 4) is 0 Å². The molecular weight excluding hydrogens is 162 g/mol. The summed E-state index contributed by atoms with van der Waals surface area (Å²) in [5, 5.41) is 3.36. The molecule has 2 aliphatic rings. The van der Waals surface area contributed by atoms with Crippen molar-refractivity contribution in [3.63, 3.8) is 0 Å². The van der Waals surface area contributed by atoms with E-state index < -0.39 is 0 Å². The third-order valence-electron chi connectivity index (χ3n) is 2.74. The highest BCUT2D eigenvalue weighted by atomic mass is 35.5. The van der Waals surface area contributed by atoms with Crippen LogP contribution in [0.1, 0.15) is 19.8 Å². The second kappa shape index (κ2) is 3.30. The minimum atomic E-state index is 0. The molecule has 0 radical (unpaired) electrons. The number of hydrogen-bond donors (Lipinski definition) is 1. The van der Waals surface area contributed by atoms with Gasteiger partial charge in [0.05, 0.1) is 12.7 Å². The average Bonchev–Trinajstić information content (AvgIpc) is 2.72. The zero-order chi connectivity index (χ0) is 7.03. The maximum atomic E-state index is 5.64. The summed E-state index contributed by atoms with van der Waals surface area (Å²) in [7, 11) is 0. The molecule has 1 saturated carbocycles. The maximum Gasteiger partial charge on any atom is 0.0753 e. The number of hydrogen-bond acceptors (Lipinski definition) is 2. The van der Waals surface area contributed by atoms with Gasteiger partial charge < -0.3 is 10.1 Å². The van der Waals surface area contributed by atoms with E-state index >= 15 is 0 Å². The van der Waals surface area contributed by atoms with Gasteiger partial charge in [-0.3, -0.25) is 0 Å². The molecule has 66 valence electrons. The Kier molecular flexibility index (Phi) is 2.79. The topological polar surface area (TPSA) is 21.3 Å². The van der Waals surface area contributed by atoms with Crippen molar-refractivity contribution in [3.05, 3.63) is 0 Å². The molecule has 2 nitrogen and oxygen atoms in total. The molecule has 11 heavy (non-hydrogen) atoms. The van der Waals surface area contributed by atoms with E-state index in [2.05, 4.69) is 12.2 Å². The average molecular weight is 178 g/mol. The van der Waals surface area contributed by atoms with Crippen molar-refractivity contribution in [2.24, 2.45) is 5.41 Å². The van der Waals surface area contributed by atoms with E-state index in [9.17, 15) is 0 Å². The Bertz CT molecular complexity index is 130. The largest absolute Gasteiger partial charge is 0.375 e. The maximum absolute atomic E-state index is 5.64. The van der Waals surface area contributed by atoms with Gasteiger partial charge in [0.15, 0.2) is 0 Å². The van der Waals surface area contributed by atoms with Crippen molar-refractivity contribution in [1.82, 2.24) is 5.32 Å². The van der Waals surface area contributed by atoms with Crippen molar-refractivity contribution in [1.29, 1.82) is 0 Å². The van der Waals surface area contributed by atoms with Gasteiger partial charge in [0.1, 0.15) is 0 Å². The summed E-state index contributed by atoms with van der Waals surface area (Å²) < 4.78 is 5.64. The first-order valence-corrected chi connectivity index (χ1v) is 4.14. The lowest BCUT2D eigenvalue weighted by molar-refractivity contribution is -0.0131. The monoisotopic (exact) mass is 177 g/mol. The molecule has 1 aliphatic carbocycles. The van der Waals surface area contributed by atoms with E-state index in [1.807, 2.05) is 0 Å². The number of ether oxygens (including phenoxy) is 1. The van der Waals surface area contributed by atoms with Crippen LogP contribution in [0.3, 0.4) is 0 Å². The molecule has 1 aliphatic heterocycles. The summed E-state index contributed by atoms with van der Waals surface area (Å²) >= 11 is 0. The smallest absolute Gasteiger partial charge is 0.0753 e. The molecule has 2 fully saturated rings. The third-order valence-corrected chi connectivity index (χ3v) is 2.74. The summed E-state index contributed by atoms with van der Waals surface area (Å²) in [5.74, 6) is 0. The van der Waals surface area contributed by atoms with Gasteiger partial charge in [-0.15, -0.1) is 12.4 Å². The fourth-order valence-electron chi connectivity index (χ4n) is 1.53. The van der Waals surface area contributed by atoms with Crippen LogP contribution in [0.5, 0.6) is 0 Å². The Morgan fingerprint density at radius 1 is 1.45 bits per heavy atom. The van der Waals surface area contributed by atoms with E-state index in [0.717, 1.165) is 19.7 Å². The normalized spacial score (nSPS) is 34.1. The summed E-state index contributed by atoms with van der Waals surface area (Å²) in [4.78, 5) is 0. The molecule has 1 unspecified atom stereocenters. The minimum absolute atomic E-state index is 0. The van der Waals surface area contributed by atoms with E-state index in [1.54, 1.807) is 0 Å². The zero-order valence-electron chi connectivity index (χ0n) is 6.93. The van der Waals surface area contributed by atoms with Crippen LogP contribution in [-0.4, -0.2) is 25.8 Å². The second-order valence-corrected chi connectivity index (χ2v) is 3.72. The SMILES string of the molecule is CC1(C2CNCCO2)CC1.Cl. The van der Waals surface area contributed by atoms with Crippen molar-refractivity contribution >= 4 is 12.4 Å². The fraction of sp³-hybridized carbons (Fsp3) is 1.00. The summed E-state index contributed by atoms with van der Waals surface area (Å²) in [6.07, 6.45) is 3.22. The molecule has 0 spiro atoms. The van der Waals surface area contributed by atoms with Gasteiger partial charge in [-0.1, -0.05) is 6.92 Å². The first-order chi connectivity index (χ1) is 4.81. The van der Waals surface area contributed by atoms with Gasteiger partial charge in [0.2, 0.25) is 0 Å². The van der Waals surface area contributed by atoms with Gasteiger partial charge in [-0.05, 0) is 18.3 Å². The lowest BCUT2D eigenvalue weighted by Crippen LogP contribution is -2.42. The highest BCUT2D eigenvalue weighted by Gasteiger charge is 2.45. The lowest BCUT2D eigenvalue weighted by Gasteiger charge is -2.28. The quantitative estimate of drug-likeness (QED) is 0.650. The van der Waals surface area contributed by atoms with Gasteiger partial charge in [-0.25, -0.2) is 0 Å². The molecule has 2 rings (SSSR count). The summed E-state index contributed by atoms with van der Waals surface area (Å²) in [5.41, 5.74) is 0.535. The molecule has 0 aromatic rings. The lowest BCUT2D eigenvalue weighted by atomic mass is 10.0. The predicted molar refractivity (Wildman–Crippen MR) is 47.2 cm³/mol. The first kappa shape index (κ1) is 9.30. The highest BCUT2D eigenvalue weighted by Crippen LogP contribution is 2.49. The van der Waals surface area contributed by atoms with E-state index in [1.165, 1.54) is 12.8 Å².